The van der Waals surface area contributed by atoms with Gasteiger partial charge in [0, 0.05) is 11.6 Å². The molecule has 1 aliphatic heterocycles. The lowest BCUT2D eigenvalue weighted by atomic mass is 9.51. The van der Waals surface area contributed by atoms with Crippen molar-refractivity contribution in [1.29, 1.82) is 5.41 Å². The van der Waals surface area contributed by atoms with Crippen LogP contribution in [0.2, 0.25) is 0 Å². The van der Waals surface area contributed by atoms with Crippen LogP contribution in [0.4, 0.5) is 0 Å². The van der Waals surface area contributed by atoms with Gasteiger partial charge in [0.1, 0.15) is 28.8 Å². The van der Waals surface area contributed by atoms with Crippen LogP contribution in [0.3, 0.4) is 0 Å². The van der Waals surface area contributed by atoms with Gasteiger partial charge in [-0.05, 0) is 81.3 Å². The third-order valence-electron chi connectivity index (χ3n) is 10.6. The number of aliphatic hydroxyl groups is 2. The van der Waals surface area contributed by atoms with Gasteiger partial charge in [0.05, 0.1) is 12.0 Å². The second-order valence-corrected chi connectivity index (χ2v) is 13.4. The summed E-state index contributed by atoms with van der Waals surface area (Å²) >= 11 is 0. The van der Waals surface area contributed by atoms with E-state index < -0.39 is 40.9 Å². The number of nitrogens with one attached hydrogen (secondary N) is 1. The lowest BCUT2D eigenvalue weighted by molar-refractivity contribution is -0.312. The van der Waals surface area contributed by atoms with Crippen LogP contribution in [0.15, 0.2) is 34.6 Å². The largest absolute Gasteiger partial charge is 0.512 e. The highest BCUT2D eigenvalue weighted by molar-refractivity contribution is 6.18. The highest BCUT2D eigenvalue weighted by Crippen LogP contribution is 2.72. The zero-order valence-corrected chi connectivity index (χ0v) is 24.4. The summed E-state index contributed by atoms with van der Waals surface area (Å²) in [5.41, 5.74) is -2.18. The minimum absolute atomic E-state index is 0.00597. The smallest absolute Gasteiger partial charge is 0.344 e. The van der Waals surface area contributed by atoms with Gasteiger partial charge in [-0.15, -0.1) is 0 Å². The van der Waals surface area contributed by atoms with Gasteiger partial charge in [-0.2, -0.15) is 0 Å². The van der Waals surface area contributed by atoms with Crippen molar-refractivity contribution < 1.29 is 34.0 Å². The van der Waals surface area contributed by atoms with Crippen LogP contribution in [0.1, 0.15) is 74.7 Å². The maximum Gasteiger partial charge on any atom is 0.344 e. The van der Waals surface area contributed by atoms with Gasteiger partial charge in [-0.1, -0.05) is 39.8 Å². The Labute approximate surface area is 231 Å². The van der Waals surface area contributed by atoms with Crippen LogP contribution >= 0.6 is 0 Å². The molecule has 0 unspecified atom stereocenters. The predicted molar refractivity (Wildman–Crippen MR) is 145 cm³/mol. The molecule has 5 rings (SSSR count). The van der Waals surface area contributed by atoms with Crippen molar-refractivity contribution in [2.45, 2.75) is 98.2 Å². The topological polar surface area (TPSA) is 126 Å². The Hall–Kier alpha value is -2.29. The first kappa shape index (κ1) is 28.2. The highest BCUT2D eigenvalue weighted by Gasteiger charge is 2.76. The van der Waals surface area contributed by atoms with Crippen molar-refractivity contribution in [3.05, 3.63) is 34.6 Å². The van der Waals surface area contributed by atoms with E-state index in [9.17, 15) is 19.8 Å². The molecule has 0 radical (unpaired) electrons. The minimum Gasteiger partial charge on any atom is -0.512 e. The van der Waals surface area contributed by atoms with E-state index in [1.807, 2.05) is 19.1 Å². The quantitative estimate of drug-likeness (QED) is 0.153. The number of hydrogen-bond donors (Lipinski definition) is 3. The van der Waals surface area contributed by atoms with Crippen molar-refractivity contribution >= 4 is 17.5 Å². The first-order valence-electron chi connectivity index (χ1n) is 14.2. The zero-order valence-electron chi connectivity index (χ0n) is 24.4. The zero-order chi connectivity index (χ0) is 28.9. The van der Waals surface area contributed by atoms with Crippen molar-refractivity contribution in [3.8, 4) is 0 Å². The number of ether oxygens (including phenoxy) is 3. The summed E-state index contributed by atoms with van der Waals surface area (Å²) in [6.07, 6.45) is 3.01. The number of rotatable bonds is 4. The molecular formula is C31H43NO7. The molecule has 8 heteroatoms. The summed E-state index contributed by atoms with van der Waals surface area (Å²) in [7, 11) is 0. The minimum atomic E-state index is -1.93. The summed E-state index contributed by atoms with van der Waals surface area (Å²) in [4.78, 5) is 28.4. The SMILES string of the molecule is CCC(=N)/C(C(=O)O[C@H]1C(C)=CC[C@]23C(=O)[C@@H](C=C4COC(C)(C)O[C@H]4[C@]12O)[C@H]1[C@@H](C[C@H]3C)C1(C)C)=C(/C)O. The van der Waals surface area contributed by atoms with E-state index in [0.717, 1.165) is 6.42 Å². The number of allylic oxidation sites excluding steroid dienone is 3. The molecule has 4 aliphatic carbocycles. The van der Waals surface area contributed by atoms with Crippen molar-refractivity contribution in [2.75, 3.05) is 6.61 Å². The number of carbonyl (C=O) groups is 2. The first-order valence-corrected chi connectivity index (χ1v) is 14.2. The molecule has 5 aliphatic rings. The molecule has 8 atom stereocenters. The number of ketones is 1. The van der Waals surface area contributed by atoms with E-state index in [1.165, 1.54) is 6.92 Å². The van der Waals surface area contributed by atoms with Crippen LogP contribution in [0.5, 0.6) is 0 Å². The number of hydrogen-bond acceptors (Lipinski definition) is 8. The molecule has 0 amide bonds. The molecule has 1 heterocycles. The maximum atomic E-state index is 14.8. The van der Waals surface area contributed by atoms with Gasteiger partial charge in [0.25, 0.3) is 0 Å². The molecule has 3 fully saturated rings. The monoisotopic (exact) mass is 541 g/mol. The molecule has 39 heavy (non-hydrogen) atoms. The summed E-state index contributed by atoms with van der Waals surface area (Å²) in [6.45, 7) is 15.1. The number of fused-ring (bicyclic) bond motifs is 5. The average molecular weight is 542 g/mol. The maximum absolute atomic E-state index is 14.8. The van der Waals surface area contributed by atoms with E-state index >= 15 is 0 Å². The fourth-order valence-electron chi connectivity index (χ4n) is 8.33. The molecule has 0 aromatic heterocycles. The molecule has 1 spiro atoms. The summed E-state index contributed by atoms with van der Waals surface area (Å²) < 4.78 is 18.6. The third kappa shape index (κ3) is 3.77. The molecule has 2 saturated carbocycles. The Bertz CT molecular complexity index is 1220. The summed E-state index contributed by atoms with van der Waals surface area (Å²) in [6, 6.07) is 0. The van der Waals surface area contributed by atoms with Crippen LogP contribution in [-0.2, 0) is 23.8 Å². The van der Waals surface area contributed by atoms with E-state index in [1.54, 1.807) is 27.7 Å². The Morgan fingerprint density at radius 3 is 2.54 bits per heavy atom. The van der Waals surface area contributed by atoms with Crippen molar-refractivity contribution in [2.24, 2.45) is 34.5 Å². The van der Waals surface area contributed by atoms with Crippen molar-refractivity contribution in [1.82, 2.24) is 0 Å². The third-order valence-corrected chi connectivity index (χ3v) is 10.6. The Kier molecular flexibility index (Phi) is 6.41. The van der Waals surface area contributed by atoms with Gasteiger partial charge < -0.3 is 29.8 Å². The molecular weight excluding hydrogens is 498 g/mol. The number of aliphatic hydroxyl groups excluding tert-OH is 1. The van der Waals surface area contributed by atoms with Crippen LogP contribution < -0.4 is 0 Å². The van der Waals surface area contributed by atoms with Gasteiger partial charge in [-0.25, -0.2) is 4.79 Å². The van der Waals surface area contributed by atoms with E-state index in [4.69, 9.17) is 19.6 Å². The highest BCUT2D eigenvalue weighted by atomic mass is 16.7. The number of esters is 1. The van der Waals surface area contributed by atoms with Gasteiger partial charge in [0.2, 0.25) is 0 Å². The molecule has 214 valence electrons. The van der Waals surface area contributed by atoms with Crippen molar-refractivity contribution in [3.63, 3.8) is 0 Å². The second kappa shape index (κ2) is 8.85. The van der Waals surface area contributed by atoms with Gasteiger partial charge in [-0.3, -0.25) is 4.79 Å². The second-order valence-electron chi connectivity index (χ2n) is 13.4. The van der Waals surface area contributed by atoms with Crippen LogP contribution in [0, 0.1) is 39.9 Å². The molecule has 0 aromatic rings. The summed E-state index contributed by atoms with van der Waals surface area (Å²) in [5.74, 6) is -2.42. The van der Waals surface area contributed by atoms with E-state index in [2.05, 4.69) is 13.8 Å². The first-order chi connectivity index (χ1) is 18.0. The van der Waals surface area contributed by atoms with Gasteiger partial charge >= 0.3 is 5.97 Å². The Morgan fingerprint density at radius 1 is 1.26 bits per heavy atom. The lowest BCUT2D eigenvalue weighted by Crippen LogP contribution is -2.72. The number of Topliss-reactive ketones (excluding diaryl/α,β-unsaturated/α-hetero) is 1. The van der Waals surface area contributed by atoms with Crippen LogP contribution in [-0.4, -0.2) is 57.9 Å². The Morgan fingerprint density at radius 2 is 1.92 bits per heavy atom. The fraction of sp³-hybridized carbons (Fsp3) is 0.710. The van der Waals surface area contributed by atoms with E-state index in [0.29, 0.717) is 23.5 Å². The molecule has 8 nitrogen and oxygen atoms in total. The average Bonchev–Trinajstić information content (AvgIpc) is 3.42. The number of carbonyl (C=O) groups excluding carboxylic acids is 2. The predicted octanol–water partition coefficient (Wildman–Crippen LogP) is 4.82. The summed E-state index contributed by atoms with van der Waals surface area (Å²) in [5, 5.41) is 31.7. The molecule has 3 N–H and O–H groups in total. The Balaban J connectivity index is 1.71. The standard InChI is InChI=1S/C31H43NO7/c1-9-21(32)22(17(4)33)27(35)38-25-15(2)10-11-30-16(3)12-20-23(28(20,5)6)19(24(30)34)13-18-14-37-29(7,8)39-26(18)31(25,30)36/h10,13,16,19-20,23,25-26,32-33,36H,9,11-12,14H2,1-8H3/b22-17+,32-21?/t16-,19+,20-,23+,25+,26-,30+,31-/m1/s1. The molecule has 0 aromatic carbocycles. The fourth-order valence-corrected chi connectivity index (χ4v) is 8.33. The van der Waals surface area contributed by atoms with Crippen LogP contribution in [0.25, 0.3) is 0 Å². The molecule has 2 bridgehead atoms. The van der Waals surface area contributed by atoms with E-state index in [-0.39, 0.29) is 53.1 Å². The molecule has 1 saturated heterocycles. The van der Waals surface area contributed by atoms with Gasteiger partial charge in [0.15, 0.2) is 11.9 Å². The lowest BCUT2D eigenvalue weighted by Gasteiger charge is -2.58. The normalized spacial score (nSPS) is 42.2.